The minimum atomic E-state index is -0.339. The predicted molar refractivity (Wildman–Crippen MR) is 154 cm³/mol. The Morgan fingerprint density at radius 2 is 1.92 bits per heavy atom. The Balaban J connectivity index is 1.10. The molecule has 4 heterocycles. The molecule has 2 saturated heterocycles. The molecule has 0 amide bonds. The first-order chi connectivity index (χ1) is 19.0. The molecule has 3 atom stereocenters. The van der Waals surface area contributed by atoms with E-state index in [0.29, 0.717) is 30.2 Å². The van der Waals surface area contributed by atoms with Gasteiger partial charge in [0.1, 0.15) is 11.5 Å². The molecule has 4 aromatic rings. The Hall–Kier alpha value is -2.75. The second kappa shape index (κ2) is 10.0. The van der Waals surface area contributed by atoms with E-state index in [9.17, 15) is 4.79 Å². The summed E-state index contributed by atoms with van der Waals surface area (Å²) in [6.07, 6.45) is 6.76. The van der Waals surface area contributed by atoms with E-state index in [1.807, 2.05) is 6.07 Å². The van der Waals surface area contributed by atoms with E-state index in [-0.39, 0.29) is 12.1 Å². The number of nitrogens with zero attached hydrogens (tertiary/aromatic N) is 3. The average molecular weight is 609 g/mol. The standard InChI is InChI=1S/C30H30BrN3O4S/c1-16-5-3-4-6-22(16)26-23(28(38-33-26)17-7-8-17)15-37-21-13-19-9-10-20(14-21)34(19)30-32-27-24(31)11-18(29(35)36-2)12-25(27)39-30/h3-6,11-12,17,19-21H,7-10,13-15H2,1-2H3/t19-,20?,21?/m0/s1. The van der Waals surface area contributed by atoms with Crippen molar-refractivity contribution in [2.75, 3.05) is 12.0 Å². The van der Waals surface area contributed by atoms with Gasteiger partial charge >= 0.3 is 5.97 Å². The third-order valence-corrected chi connectivity index (χ3v) is 10.0. The van der Waals surface area contributed by atoms with E-state index in [2.05, 4.69) is 57.2 Å². The Morgan fingerprint density at radius 3 is 2.64 bits per heavy atom. The van der Waals surface area contributed by atoms with Crippen LogP contribution in [0.3, 0.4) is 0 Å². The monoisotopic (exact) mass is 607 g/mol. The van der Waals surface area contributed by atoms with E-state index < -0.39 is 0 Å². The first-order valence-electron chi connectivity index (χ1n) is 13.6. The maximum Gasteiger partial charge on any atom is 0.337 e. The van der Waals surface area contributed by atoms with Crippen LogP contribution in [0.1, 0.15) is 71.7 Å². The number of benzene rings is 2. The van der Waals surface area contributed by atoms with Gasteiger partial charge in [-0.15, -0.1) is 0 Å². The normalized spacial score (nSPS) is 22.5. The van der Waals surface area contributed by atoms with Crippen molar-refractivity contribution in [2.45, 2.75) is 76.2 Å². The largest absolute Gasteiger partial charge is 0.465 e. The van der Waals surface area contributed by atoms with Gasteiger partial charge in [-0.25, -0.2) is 9.78 Å². The number of fused-ring (bicyclic) bond motifs is 3. The number of rotatable bonds is 7. The maximum atomic E-state index is 12.1. The molecule has 9 heteroatoms. The van der Waals surface area contributed by atoms with Gasteiger partial charge in [-0.3, -0.25) is 0 Å². The Labute approximate surface area is 239 Å². The highest BCUT2D eigenvalue weighted by Crippen LogP contribution is 2.46. The summed E-state index contributed by atoms with van der Waals surface area (Å²) in [5.74, 6) is 1.15. The van der Waals surface area contributed by atoms with Gasteiger partial charge in [0.25, 0.3) is 0 Å². The molecular formula is C30H30BrN3O4S. The molecule has 2 aromatic carbocycles. The molecule has 39 heavy (non-hydrogen) atoms. The number of piperidine rings is 1. The van der Waals surface area contributed by atoms with Crippen LogP contribution in [0.4, 0.5) is 5.13 Å². The highest BCUT2D eigenvalue weighted by atomic mass is 79.9. The lowest BCUT2D eigenvalue weighted by Gasteiger charge is -2.38. The number of ether oxygens (including phenoxy) is 2. The molecule has 3 aliphatic rings. The molecule has 2 aromatic heterocycles. The lowest BCUT2D eigenvalue weighted by atomic mass is 9.99. The van der Waals surface area contributed by atoms with Crippen LogP contribution < -0.4 is 4.90 Å². The molecule has 0 N–H and O–H groups in total. The van der Waals surface area contributed by atoms with E-state index in [1.165, 1.54) is 12.7 Å². The number of hydrogen-bond donors (Lipinski definition) is 0. The summed E-state index contributed by atoms with van der Waals surface area (Å²) in [7, 11) is 1.40. The zero-order valence-electron chi connectivity index (χ0n) is 22.0. The average Bonchev–Trinajstić information content (AvgIpc) is 3.45. The number of thiazole rings is 1. The first-order valence-corrected chi connectivity index (χ1v) is 15.2. The first kappa shape index (κ1) is 25.2. The van der Waals surface area contributed by atoms with E-state index in [1.54, 1.807) is 17.4 Å². The zero-order valence-corrected chi connectivity index (χ0v) is 24.4. The summed E-state index contributed by atoms with van der Waals surface area (Å²) >= 11 is 5.26. The predicted octanol–water partition coefficient (Wildman–Crippen LogP) is 7.40. The molecule has 0 radical (unpaired) electrons. The second-order valence-corrected chi connectivity index (χ2v) is 12.8. The number of hydrogen-bond acceptors (Lipinski definition) is 8. The number of esters is 1. The summed E-state index contributed by atoms with van der Waals surface area (Å²) in [5, 5.41) is 5.54. The highest BCUT2D eigenvalue weighted by molar-refractivity contribution is 9.10. The van der Waals surface area contributed by atoms with Gasteiger partial charge in [0.2, 0.25) is 0 Å². The summed E-state index contributed by atoms with van der Waals surface area (Å²) < 4.78 is 19.3. The fourth-order valence-electron chi connectivity index (χ4n) is 6.28. The third kappa shape index (κ3) is 4.58. The smallest absolute Gasteiger partial charge is 0.337 e. The van der Waals surface area contributed by atoms with Crippen LogP contribution in [0.15, 0.2) is 45.4 Å². The van der Waals surface area contributed by atoms with Crippen LogP contribution in [0.2, 0.25) is 0 Å². The molecule has 2 bridgehead atoms. The molecule has 0 spiro atoms. The highest BCUT2D eigenvalue weighted by Gasteiger charge is 2.43. The number of carbonyl (C=O) groups is 1. The summed E-state index contributed by atoms with van der Waals surface area (Å²) in [4.78, 5) is 19.6. The Kier molecular flexibility index (Phi) is 6.48. The molecule has 7 rings (SSSR count). The van der Waals surface area contributed by atoms with Crippen LogP contribution in [0.5, 0.6) is 0 Å². The topological polar surface area (TPSA) is 77.7 Å². The van der Waals surface area contributed by atoms with E-state index in [4.69, 9.17) is 19.0 Å². The van der Waals surface area contributed by atoms with Gasteiger partial charge in [0.05, 0.1) is 35.6 Å². The SMILES string of the molecule is COC(=O)c1cc(Br)c2nc(N3C4CC[C@H]3CC(OCc3c(-c5ccccc5C)noc3C3CC3)C4)sc2c1. The molecule has 1 saturated carbocycles. The molecule has 2 aliphatic heterocycles. The van der Waals surface area contributed by atoms with E-state index in [0.717, 1.165) is 80.9 Å². The minimum absolute atomic E-state index is 0.192. The lowest BCUT2D eigenvalue weighted by Crippen LogP contribution is -2.45. The van der Waals surface area contributed by atoms with Crippen LogP contribution in [0, 0.1) is 6.92 Å². The molecule has 7 nitrogen and oxygen atoms in total. The summed E-state index contributed by atoms with van der Waals surface area (Å²) in [6.45, 7) is 2.66. The van der Waals surface area contributed by atoms with Crippen molar-refractivity contribution in [2.24, 2.45) is 0 Å². The molecule has 3 fully saturated rings. The van der Waals surface area contributed by atoms with Gasteiger partial charge in [-0.2, -0.15) is 0 Å². The number of aromatic nitrogens is 2. The number of carbonyl (C=O) groups excluding carboxylic acids is 1. The van der Waals surface area contributed by atoms with Crippen molar-refractivity contribution in [1.82, 2.24) is 10.1 Å². The van der Waals surface area contributed by atoms with Crippen LogP contribution in [0.25, 0.3) is 21.5 Å². The van der Waals surface area contributed by atoms with Crippen molar-refractivity contribution in [3.63, 3.8) is 0 Å². The minimum Gasteiger partial charge on any atom is -0.465 e. The number of methoxy groups -OCH3 is 1. The Morgan fingerprint density at radius 1 is 1.15 bits per heavy atom. The maximum absolute atomic E-state index is 12.1. The van der Waals surface area contributed by atoms with Gasteiger partial charge in [0, 0.05) is 33.6 Å². The summed E-state index contributed by atoms with van der Waals surface area (Å²) in [6, 6.07) is 12.8. The quantitative estimate of drug-likeness (QED) is 0.202. The van der Waals surface area contributed by atoms with Crippen molar-refractivity contribution >= 4 is 48.6 Å². The molecule has 1 aliphatic carbocycles. The molecule has 202 valence electrons. The van der Waals surface area contributed by atoms with Crippen LogP contribution in [-0.4, -0.2) is 41.4 Å². The zero-order chi connectivity index (χ0) is 26.7. The van der Waals surface area contributed by atoms with Crippen molar-refractivity contribution in [3.05, 3.63) is 63.3 Å². The van der Waals surface area contributed by atoms with Crippen molar-refractivity contribution in [1.29, 1.82) is 0 Å². The summed E-state index contributed by atoms with van der Waals surface area (Å²) in [5.41, 5.74) is 5.80. The van der Waals surface area contributed by atoms with Crippen LogP contribution in [-0.2, 0) is 16.1 Å². The second-order valence-electron chi connectivity index (χ2n) is 11.0. The third-order valence-electron chi connectivity index (χ3n) is 8.40. The van der Waals surface area contributed by atoms with Crippen molar-refractivity contribution < 1.29 is 18.8 Å². The van der Waals surface area contributed by atoms with Crippen LogP contribution >= 0.6 is 27.3 Å². The Bertz CT molecular complexity index is 1550. The number of aryl methyl sites for hydroxylation is 1. The molecule has 2 unspecified atom stereocenters. The number of anilines is 1. The fraction of sp³-hybridized carbons (Fsp3) is 0.433. The van der Waals surface area contributed by atoms with Gasteiger partial charge < -0.3 is 18.9 Å². The van der Waals surface area contributed by atoms with Crippen molar-refractivity contribution in [3.8, 4) is 11.3 Å². The fourth-order valence-corrected chi connectivity index (χ4v) is 8.13. The number of halogens is 1. The van der Waals surface area contributed by atoms with E-state index >= 15 is 0 Å². The van der Waals surface area contributed by atoms with Gasteiger partial charge in [0.15, 0.2) is 5.13 Å². The lowest BCUT2D eigenvalue weighted by molar-refractivity contribution is 0.0147. The van der Waals surface area contributed by atoms with Gasteiger partial charge in [-0.05, 0) is 79.1 Å². The molecular weight excluding hydrogens is 578 g/mol. The van der Waals surface area contributed by atoms with Gasteiger partial charge in [-0.1, -0.05) is 40.8 Å².